The highest BCUT2D eigenvalue weighted by molar-refractivity contribution is 6.32. The lowest BCUT2D eigenvalue weighted by atomic mass is 10.2. The lowest BCUT2D eigenvalue weighted by molar-refractivity contribution is -0.116. The second kappa shape index (κ2) is 5.98. The van der Waals surface area contributed by atoms with Gasteiger partial charge in [0.05, 0.1) is 0 Å². The van der Waals surface area contributed by atoms with Crippen LogP contribution < -0.4 is 11.1 Å². The fourth-order valence-corrected chi connectivity index (χ4v) is 1.43. The van der Waals surface area contributed by atoms with Crippen molar-refractivity contribution in [3.8, 4) is 0 Å². The Morgan fingerprint density at radius 2 is 2.25 bits per heavy atom. The van der Waals surface area contributed by atoms with E-state index >= 15 is 0 Å². The van der Waals surface area contributed by atoms with Gasteiger partial charge in [-0.05, 0) is 24.9 Å². The quantitative estimate of drug-likeness (QED) is 0.641. The minimum atomic E-state index is -0.178. The lowest BCUT2D eigenvalue weighted by Crippen LogP contribution is -2.19. The number of halogens is 2. The molecule has 1 unspecified atom stereocenters. The lowest BCUT2D eigenvalue weighted by Gasteiger charge is -2.06. The molecule has 0 saturated heterocycles. The Kier molecular flexibility index (Phi) is 4.92. The van der Waals surface area contributed by atoms with Crippen LogP contribution in [0.5, 0.6) is 0 Å². The zero-order chi connectivity index (χ0) is 12.1. The van der Waals surface area contributed by atoms with Gasteiger partial charge in [0, 0.05) is 18.5 Å². The minimum Gasteiger partial charge on any atom is -0.328 e. The highest BCUT2D eigenvalue weighted by atomic mass is 35.5. The molecule has 0 fully saturated rings. The van der Waals surface area contributed by atoms with E-state index in [2.05, 4.69) is 15.3 Å². The number of carbonyl (C=O) groups is 1. The Hall–Kier alpha value is -0.910. The van der Waals surface area contributed by atoms with Crippen LogP contribution in [-0.4, -0.2) is 21.9 Å². The first-order chi connectivity index (χ1) is 7.47. The molecule has 3 N–H and O–H groups in total. The molecule has 16 heavy (non-hydrogen) atoms. The van der Waals surface area contributed by atoms with Gasteiger partial charge in [0.1, 0.15) is 11.0 Å². The Balaban J connectivity index is 2.56. The van der Waals surface area contributed by atoms with Crippen molar-refractivity contribution < 1.29 is 4.79 Å². The number of rotatable bonds is 4. The number of carbonyl (C=O) groups excluding carboxylic acids is 1. The number of aromatic nitrogens is 2. The van der Waals surface area contributed by atoms with Crippen LogP contribution in [0.15, 0.2) is 6.07 Å². The molecule has 1 amide bonds. The van der Waals surface area contributed by atoms with Crippen molar-refractivity contribution >= 4 is 34.9 Å². The summed E-state index contributed by atoms with van der Waals surface area (Å²) in [6.45, 7) is 1.84. The van der Waals surface area contributed by atoms with Gasteiger partial charge in [0.25, 0.3) is 0 Å². The van der Waals surface area contributed by atoms with E-state index < -0.39 is 0 Å². The van der Waals surface area contributed by atoms with Gasteiger partial charge < -0.3 is 11.1 Å². The molecule has 88 valence electrons. The first kappa shape index (κ1) is 13.2. The molecule has 1 rings (SSSR count). The Labute approximate surface area is 103 Å². The molecule has 0 aromatic carbocycles. The van der Waals surface area contributed by atoms with Crippen LogP contribution in [0.3, 0.4) is 0 Å². The highest BCUT2D eigenvalue weighted by Gasteiger charge is 2.07. The summed E-state index contributed by atoms with van der Waals surface area (Å²) in [7, 11) is 0. The summed E-state index contributed by atoms with van der Waals surface area (Å²) < 4.78 is 0. The molecule has 1 aromatic rings. The third kappa shape index (κ3) is 4.74. The molecule has 0 spiro atoms. The Bertz CT molecular complexity index is 364. The van der Waals surface area contributed by atoms with Crippen molar-refractivity contribution in [2.24, 2.45) is 5.73 Å². The van der Waals surface area contributed by atoms with Crippen molar-refractivity contribution in [3.63, 3.8) is 0 Å². The van der Waals surface area contributed by atoms with E-state index in [-0.39, 0.29) is 22.4 Å². The number of anilines is 1. The molecule has 0 radical (unpaired) electrons. The predicted octanol–water partition coefficient (Wildman–Crippen LogP) is 1.85. The highest BCUT2D eigenvalue weighted by Crippen LogP contribution is 2.14. The van der Waals surface area contributed by atoms with Gasteiger partial charge >= 0.3 is 0 Å². The fourth-order valence-electron chi connectivity index (χ4n) is 1.02. The van der Waals surface area contributed by atoms with Gasteiger partial charge in [-0.2, -0.15) is 0 Å². The van der Waals surface area contributed by atoms with E-state index in [9.17, 15) is 4.79 Å². The molecular formula is C9H12Cl2N4O. The molecule has 7 heteroatoms. The summed E-state index contributed by atoms with van der Waals surface area (Å²) in [6.07, 6.45) is 0.940. The molecule has 0 saturated carbocycles. The SMILES string of the molecule is CC(N)CCC(=O)Nc1cc(Cl)nc(Cl)n1. The molecule has 5 nitrogen and oxygen atoms in total. The maximum atomic E-state index is 11.4. The standard InChI is InChI=1S/C9H12Cl2N4O/c1-5(12)2-3-8(16)14-7-4-6(10)13-9(11)15-7/h4-5H,2-3,12H2,1H3,(H,13,14,15,16). The second-order valence-electron chi connectivity index (χ2n) is 3.41. The van der Waals surface area contributed by atoms with Gasteiger partial charge in [-0.3, -0.25) is 4.79 Å². The van der Waals surface area contributed by atoms with E-state index in [1.807, 2.05) is 6.92 Å². The third-order valence-corrected chi connectivity index (χ3v) is 2.12. The van der Waals surface area contributed by atoms with Crippen LogP contribution in [0.4, 0.5) is 5.82 Å². The maximum Gasteiger partial charge on any atom is 0.225 e. The van der Waals surface area contributed by atoms with E-state index in [4.69, 9.17) is 28.9 Å². The minimum absolute atomic E-state index is 0.00464. The number of nitrogens with zero attached hydrogens (tertiary/aromatic N) is 2. The summed E-state index contributed by atoms with van der Waals surface area (Å²) >= 11 is 11.2. The zero-order valence-electron chi connectivity index (χ0n) is 8.70. The summed E-state index contributed by atoms with van der Waals surface area (Å²) in [6, 6.07) is 1.42. The van der Waals surface area contributed by atoms with Crippen molar-refractivity contribution in [3.05, 3.63) is 16.5 Å². The van der Waals surface area contributed by atoms with Crippen molar-refractivity contribution in [1.29, 1.82) is 0 Å². The van der Waals surface area contributed by atoms with Gasteiger partial charge in [0.15, 0.2) is 0 Å². The smallest absolute Gasteiger partial charge is 0.225 e. The number of hydrogen-bond donors (Lipinski definition) is 2. The number of nitrogens with one attached hydrogen (secondary N) is 1. The van der Waals surface area contributed by atoms with Crippen LogP contribution >= 0.6 is 23.2 Å². The van der Waals surface area contributed by atoms with Gasteiger partial charge in [-0.15, -0.1) is 0 Å². The molecule has 0 aliphatic heterocycles. The average Bonchev–Trinajstić information content (AvgIpc) is 2.12. The molecule has 0 aliphatic rings. The van der Waals surface area contributed by atoms with Crippen molar-refractivity contribution in [2.75, 3.05) is 5.32 Å². The number of hydrogen-bond acceptors (Lipinski definition) is 4. The first-order valence-corrected chi connectivity index (χ1v) is 5.48. The van der Waals surface area contributed by atoms with E-state index in [1.54, 1.807) is 0 Å². The number of amides is 1. The molecular weight excluding hydrogens is 251 g/mol. The molecule has 1 aromatic heterocycles. The maximum absolute atomic E-state index is 11.4. The summed E-state index contributed by atoms with van der Waals surface area (Å²) in [4.78, 5) is 18.9. The zero-order valence-corrected chi connectivity index (χ0v) is 10.2. The summed E-state index contributed by atoms with van der Waals surface area (Å²) in [5.74, 6) is 0.114. The van der Waals surface area contributed by atoms with E-state index in [0.717, 1.165) is 0 Å². The van der Waals surface area contributed by atoms with Gasteiger partial charge in [0.2, 0.25) is 11.2 Å². The van der Waals surface area contributed by atoms with Crippen LogP contribution in [0.1, 0.15) is 19.8 Å². The van der Waals surface area contributed by atoms with E-state index in [1.165, 1.54) is 6.07 Å². The third-order valence-electron chi connectivity index (χ3n) is 1.76. The molecule has 0 bridgehead atoms. The monoisotopic (exact) mass is 262 g/mol. The second-order valence-corrected chi connectivity index (χ2v) is 4.13. The van der Waals surface area contributed by atoms with Crippen LogP contribution in [0.25, 0.3) is 0 Å². The summed E-state index contributed by atoms with van der Waals surface area (Å²) in [5, 5.41) is 2.74. The van der Waals surface area contributed by atoms with Gasteiger partial charge in [-0.1, -0.05) is 11.6 Å². The van der Waals surface area contributed by atoms with Crippen LogP contribution in [-0.2, 0) is 4.79 Å². The largest absolute Gasteiger partial charge is 0.328 e. The number of nitrogens with two attached hydrogens (primary N) is 1. The summed E-state index contributed by atoms with van der Waals surface area (Å²) in [5.41, 5.74) is 5.53. The van der Waals surface area contributed by atoms with E-state index in [0.29, 0.717) is 18.7 Å². The topological polar surface area (TPSA) is 80.9 Å². The molecule has 1 atom stereocenters. The Morgan fingerprint density at radius 3 is 2.81 bits per heavy atom. The van der Waals surface area contributed by atoms with Crippen molar-refractivity contribution in [1.82, 2.24) is 9.97 Å². The first-order valence-electron chi connectivity index (χ1n) is 4.73. The molecule has 1 heterocycles. The van der Waals surface area contributed by atoms with Gasteiger partial charge in [-0.25, -0.2) is 9.97 Å². The molecule has 0 aliphatic carbocycles. The van der Waals surface area contributed by atoms with Crippen molar-refractivity contribution in [2.45, 2.75) is 25.8 Å². The Morgan fingerprint density at radius 1 is 1.56 bits per heavy atom. The predicted molar refractivity (Wildman–Crippen MR) is 63.6 cm³/mol. The normalized spacial score (nSPS) is 12.2. The van der Waals surface area contributed by atoms with Crippen LogP contribution in [0.2, 0.25) is 10.4 Å². The fraction of sp³-hybridized carbons (Fsp3) is 0.444. The average molecular weight is 263 g/mol. The van der Waals surface area contributed by atoms with Crippen LogP contribution in [0, 0.1) is 0 Å².